The molecular weight excluding hydrogens is 400 g/mol. The van der Waals surface area contributed by atoms with Gasteiger partial charge in [-0.3, -0.25) is 0 Å². The maximum atomic E-state index is 6.21. The van der Waals surface area contributed by atoms with Gasteiger partial charge in [0.2, 0.25) is 0 Å². The summed E-state index contributed by atoms with van der Waals surface area (Å²) in [4.78, 5) is 2.41. The summed E-state index contributed by atoms with van der Waals surface area (Å²) in [5.41, 5.74) is 2.13. The van der Waals surface area contributed by atoms with Crippen LogP contribution in [0.3, 0.4) is 0 Å². The molecular formula is C20H26BrClN2O. The Morgan fingerprint density at radius 1 is 1.08 bits per heavy atom. The van der Waals surface area contributed by atoms with Crippen LogP contribution in [0.1, 0.15) is 25.0 Å². The average molecular weight is 426 g/mol. The monoisotopic (exact) mass is 424 g/mol. The van der Waals surface area contributed by atoms with E-state index in [4.69, 9.17) is 16.3 Å². The second kappa shape index (κ2) is 10.8. The normalized spacial score (nSPS) is 11.1. The molecule has 0 atom stereocenters. The van der Waals surface area contributed by atoms with Gasteiger partial charge in [0, 0.05) is 40.3 Å². The summed E-state index contributed by atoms with van der Waals surface area (Å²) in [5.74, 6) is 0.887. The summed E-state index contributed by atoms with van der Waals surface area (Å²) in [5, 5.41) is 4.24. The second-order valence-corrected chi connectivity index (χ2v) is 7.16. The fourth-order valence-electron chi connectivity index (χ4n) is 2.60. The van der Waals surface area contributed by atoms with Crippen molar-refractivity contribution in [3.63, 3.8) is 0 Å². The molecule has 5 heteroatoms. The van der Waals surface area contributed by atoms with Crippen molar-refractivity contribution in [1.82, 2.24) is 10.2 Å². The summed E-state index contributed by atoms with van der Waals surface area (Å²) in [6.07, 6.45) is 0. The largest absolute Gasteiger partial charge is 0.489 e. The third-order valence-corrected chi connectivity index (χ3v) is 5.04. The highest BCUT2D eigenvalue weighted by molar-refractivity contribution is 9.10. The molecule has 0 amide bonds. The minimum absolute atomic E-state index is 0.466. The Morgan fingerprint density at radius 2 is 1.84 bits per heavy atom. The van der Waals surface area contributed by atoms with Crippen LogP contribution in [0.4, 0.5) is 0 Å². The first-order valence-electron chi connectivity index (χ1n) is 8.71. The Morgan fingerprint density at radius 3 is 2.56 bits per heavy atom. The van der Waals surface area contributed by atoms with Gasteiger partial charge in [0.15, 0.2) is 0 Å². The lowest BCUT2D eigenvalue weighted by molar-refractivity contribution is 0.296. The topological polar surface area (TPSA) is 24.5 Å². The van der Waals surface area contributed by atoms with E-state index in [1.165, 1.54) is 0 Å². The van der Waals surface area contributed by atoms with Gasteiger partial charge in [-0.2, -0.15) is 0 Å². The fourth-order valence-corrected chi connectivity index (χ4v) is 3.20. The predicted molar refractivity (Wildman–Crippen MR) is 109 cm³/mol. The van der Waals surface area contributed by atoms with Crippen LogP contribution in [0.25, 0.3) is 0 Å². The molecule has 25 heavy (non-hydrogen) atoms. The van der Waals surface area contributed by atoms with Crippen molar-refractivity contribution in [3.05, 3.63) is 63.1 Å². The van der Waals surface area contributed by atoms with Gasteiger partial charge in [0.1, 0.15) is 12.4 Å². The maximum absolute atomic E-state index is 6.21. The number of nitrogens with one attached hydrogen (secondary N) is 1. The summed E-state index contributed by atoms with van der Waals surface area (Å²) < 4.78 is 7.08. The second-order valence-electron chi connectivity index (χ2n) is 5.84. The van der Waals surface area contributed by atoms with Crippen molar-refractivity contribution >= 4 is 27.5 Å². The van der Waals surface area contributed by atoms with Gasteiger partial charge in [-0.25, -0.2) is 0 Å². The van der Waals surface area contributed by atoms with Crippen molar-refractivity contribution in [2.45, 2.75) is 27.0 Å². The molecule has 0 saturated heterocycles. The molecule has 136 valence electrons. The van der Waals surface area contributed by atoms with Gasteiger partial charge in [-0.1, -0.05) is 59.6 Å². The summed E-state index contributed by atoms with van der Waals surface area (Å²) in [7, 11) is 0. The van der Waals surface area contributed by atoms with Crippen LogP contribution in [0.15, 0.2) is 46.9 Å². The van der Waals surface area contributed by atoms with E-state index in [1.54, 1.807) is 0 Å². The average Bonchev–Trinajstić information content (AvgIpc) is 2.62. The van der Waals surface area contributed by atoms with Crippen LogP contribution in [0.2, 0.25) is 5.02 Å². The molecule has 3 nitrogen and oxygen atoms in total. The summed E-state index contributed by atoms with van der Waals surface area (Å²) >= 11 is 9.76. The van der Waals surface area contributed by atoms with Gasteiger partial charge >= 0.3 is 0 Å². The van der Waals surface area contributed by atoms with Gasteiger partial charge in [0.25, 0.3) is 0 Å². The van der Waals surface area contributed by atoms with Crippen LogP contribution < -0.4 is 10.1 Å². The highest BCUT2D eigenvalue weighted by Gasteiger charge is 2.07. The molecule has 0 spiro atoms. The van der Waals surface area contributed by atoms with Crippen molar-refractivity contribution < 1.29 is 4.74 Å². The minimum Gasteiger partial charge on any atom is -0.489 e. The van der Waals surface area contributed by atoms with E-state index in [0.29, 0.717) is 6.61 Å². The predicted octanol–water partition coefficient (Wildman–Crippen LogP) is 5.11. The van der Waals surface area contributed by atoms with Crippen molar-refractivity contribution in [3.8, 4) is 5.75 Å². The molecule has 0 aromatic heterocycles. The number of hydrogen-bond donors (Lipinski definition) is 1. The standard InChI is InChI=1S/C20H26BrClN2O/c1-3-24(4-2)12-11-23-14-17-13-18(21)9-10-20(17)25-15-16-7-5-6-8-19(16)22/h5-10,13,23H,3-4,11-12,14-15H2,1-2H3. The zero-order chi connectivity index (χ0) is 18.1. The molecule has 0 aliphatic heterocycles. The molecule has 0 unspecified atom stereocenters. The number of halogens is 2. The van der Waals surface area contributed by atoms with Crippen LogP contribution in [0.5, 0.6) is 5.75 Å². The Hall–Kier alpha value is -1.07. The molecule has 2 rings (SSSR count). The number of hydrogen-bond acceptors (Lipinski definition) is 3. The third-order valence-electron chi connectivity index (χ3n) is 4.18. The van der Waals surface area contributed by atoms with E-state index >= 15 is 0 Å². The molecule has 0 bridgehead atoms. The molecule has 2 aromatic carbocycles. The van der Waals surface area contributed by atoms with E-state index in [1.807, 2.05) is 36.4 Å². The number of benzene rings is 2. The molecule has 0 heterocycles. The Bertz CT molecular complexity index is 662. The van der Waals surface area contributed by atoms with Crippen LogP contribution in [-0.4, -0.2) is 31.1 Å². The third kappa shape index (κ3) is 6.63. The Kier molecular flexibility index (Phi) is 8.76. The van der Waals surface area contributed by atoms with Crippen LogP contribution in [0, 0.1) is 0 Å². The van der Waals surface area contributed by atoms with E-state index in [0.717, 1.165) is 59.1 Å². The van der Waals surface area contributed by atoms with Gasteiger partial charge < -0.3 is 15.0 Å². The quantitative estimate of drug-likeness (QED) is 0.535. The lowest BCUT2D eigenvalue weighted by Gasteiger charge is -2.18. The smallest absolute Gasteiger partial charge is 0.124 e. The molecule has 0 aliphatic rings. The summed E-state index contributed by atoms with van der Waals surface area (Å²) in [6.45, 7) is 9.81. The Labute approximate surface area is 164 Å². The maximum Gasteiger partial charge on any atom is 0.124 e. The lowest BCUT2D eigenvalue weighted by Crippen LogP contribution is -2.31. The SMILES string of the molecule is CCN(CC)CCNCc1cc(Br)ccc1OCc1ccccc1Cl. The minimum atomic E-state index is 0.466. The molecule has 0 aliphatic carbocycles. The zero-order valence-electron chi connectivity index (χ0n) is 14.9. The van der Waals surface area contributed by atoms with Gasteiger partial charge in [0.05, 0.1) is 0 Å². The molecule has 0 fully saturated rings. The first-order chi connectivity index (χ1) is 12.1. The number of rotatable bonds is 10. The first kappa shape index (κ1) is 20.2. The van der Waals surface area contributed by atoms with Crippen molar-refractivity contribution in [1.29, 1.82) is 0 Å². The molecule has 0 saturated carbocycles. The number of ether oxygens (including phenoxy) is 1. The van der Waals surface area contributed by atoms with Crippen molar-refractivity contribution in [2.24, 2.45) is 0 Å². The van der Waals surface area contributed by atoms with E-state index in [9.17, 15) is 0 Å². The van der Waals surface area contributed by atoms with Crippen LogP contribution in [-0.2, 0) is 13.2 Å². The van der Waals surface area contributed by atoms with E-state index in [2.05, 4.69) is 46.1 Å². The molecule has 2 aromatic rings. The summed E-state index contributed by atoms with van der Waals surface area (Å²) in [6, 6.07) is 13.9. The lowest BCUT2D eigenvalue weighted by atomic mass is 10.2. The Balaban J connectivity index is 1.94. The molecule has 0 radical (unpaired) electrons. The first-order valence-corrected chi connectivity index (χ1v) is 9.88. The van der Waals surface area contributed by atoms with Crippen molar-refractivity contribution in [2.75, 3.05) is 26.2 Å². The molecule has 1 N–H and O–H groups in total. The fraction of sp³-hybridized carbons (Fsp3) is 0.400. The highest BCUT2D eigenvalue weighted by atomic mass is 79.9. The van der Waals surface area contributed by atoms with Gasteiger partial charge in [-0.05, 0) is 37.4 Å². The van der Waals surface area contributed by atoms with E-state index in [-0.39, 0.29) is 0 Å². The van der Waals surface area contributed by atoms with Gasteiger partial charge in [-0.15, -0.1) is 0 Å². The van der Waals surface area contributed by atoms with E-state index < -0.39 is 0 Å². The number of nitrogens with zero attached hydrogens (tertiary/aromatic N) is 1. The number of likely N-dealkylation sites (N-methyl/N-ethyl adjacent to an activating group) is 1. The highest BCUT2D eigenvalue weighted by Crippen LogP contribution is 2.25. The zero-order valence-corrected chi connectivity index (χ0v) is 17.2. The van der Waals surface area contributed by atoms with Crippen LogP contribution >= 0.6 is 27.5 Å².